The number of aromatic amines is 1. The fourth-order valence-corrected chi connectivity index (χ4v) is 2.70. The number of nitrogens with one attached hydrogen (secondary N) is 2. The van der Waals surface area contributed by atoms with Gasteiger partial charge in [-0.2, -0.15) is 0 Å². The van der Waals surface area contributed by atoms with E-state index in [0.29, 0.717) is 21.6 Å². The summed E-state index contributed by atoms with van der Waals surface area (Å²) in [6.07, 6.45) is 1.57. The minimum atomic E-state index is -0.519. The van der Waals surface area contributed by atoms with Gasteiger partial charge >= 0.3 is 6.03 Å². The van der Waals surface area contributed by atoms with Gasteiger partial charge < -0.3 is 10.3 Å². The van der Waals surface area contributed by atoms with Gasteiger partial charge in [0.15, 0.2) is 0 Å². The molecule has 3 aromatic rings. The van der Waals surface area contributed by atoms with E-state index in [-0.39, 0.29) is 17.2 Å². The Labute approximate surface area is 154 Å². The van der Waals surface area contributed by atoms with E-state index in [1.54, 1.807) is 36.5 Å². The van der Waals surface area contributed by atoms with E-state index in [4.69, 9.17) is 16.4 Å². The lowest BCUT2D eigenvalue weighted by Gasteiger charge is -2.15. The minimum Gasteiger partial charge on any atom is -0.350 e. The standard InChI is InChI=1S/C18H17ClN4O3/c1-10-6-7-20-14(8-10)17(24)16-15(22-18(25)23(2)26-3)12-5-4-11(19)9-13(12)21-16/h4-9,21H,1-3H3,(H,22,25). The smallest absolute Gasteiger partial charge is 0.345 e. The number of hydroxylamine groups is 2. The third-order valence-electron chi connectivity index (χ3n) is 3.93. The Kier molecular flexibility index (Phi) is 4.92. The van der Waals surface area contributed by atoms with Crippen LogP contribution in [0, 0.1) is 6.92 Å². The summed E-state index contributed by atoms with van der Waals surface area (Å²) in [6.45, 7) is 1.87. The summed E-state index contributed by atoms with van der Waals surface area (Å²) in [6, 6.07) is 8.08. The number of hydrogen-bond acceptors (Lipinski definition) is 4. The predicted molar refractivity (Wildman–Crippen MR) is 99.5 cm³/mol. The molecule has 3 rings (SSSR count). The average molecular weight is 373 g/mol. The molecule has 0 saturated carbocycles. The molecule has 2 amide bonds. The molecule has 1 aromatic carbocycles. The molecule has 0 atom stereocenters. The first-order valence-corrected chi connectivity index (χ1v) is 8.16. The van der Waals surface area contributed by atoms with Crippen LogP contribution in [-0.2, 0) is 4.84 Å². The molecule has 2 heterocycles. The second-order valence-corrected chi connectivity index (χ2v) is 6.16. The molecule has 0 aliphatic rings. The molecular formula is C18H17ClN4O3. The molecule has 0 spiro atoms. The van der Waals surface area contributed by atoms with E-state index in [0.717, 1.165) is 10.6 Å². The van der Waals surface area contributed by atoms with E-state index in [2.05, 4.69) is 15.3 Å². The van der Waals surface area contributed by atoms with E-state index in [9.17, 15) is 9.59 Å². The van der Waals surface area contributed by atoms with Crippen molar-refractivity contribution < 1.29 is 14.4 Å². The van der Waals surface area contributed by atoms with Gasteiger partial charge in [0.1, 0.15) is 11.4 Å². The van der Waals surface area contributed by atoms with Gasteiger partial charge in [0.25, 0.3) is 0 Å². The van der Waals surface area contributed by atoms with Crippen molar-refractivity contribution in [2.75, 3.05) is 19.5 Å². The first kappa shape index (κ1) is 17.9. The van der Waals surface area contributed by atoms with Gasteiger partial charge in [0.2, 0.25) is 5.78 Å². The molecule has 26 heavy (non-hydrogen) atoms. The van der Waals surface area contributed by atoms with Crippen molar-refractivity contribution in [3.05, 3.63) is 58.5 Å². The maximum Gasteiger partial charge on any atom is 0.345 e. The highest BCUT2D eigenvalue weighted by Gasteiger charge is 2.23. The van der Waals surface area contributed by atoms with Crippen molar-refractivity contribution in [3.63, 3.8) is 0 Å². The van der Waals surface area contributed by atoms with Crippen LogP contribution >= 0.6 is 11.6 Å². The average Bonchev–Trinajstić information content (AvgIpc) is 2.97. The maximum atomic E-state index is 13.0. The van der Waals surface area contributed by atoms with Crippen LogP contribution in [0.4, 0.5) is 10.5 Å². The van der Waals surface area contributed by atoms with Gasteiger partial charge in [-0.1, -0.05) is 11.6 Å². The lowest BCUT2D eigenvalue weighted by molar-refractivity contribution is -0.0598. The van der Waals surface area contributed by atoms with Crippen LogP contribution in [0.2, 0.25) is 5.02 Å². The zero-order valence-corrected chi connectivity index (χ0v) is 15.2. The van der Waals surface area contributed by atoms with Crippen molar-refractivity contribution in [2.45, 2.75) is 6.92 Å². The molecule has 0 radical (unpaired) electrons. The van der Waals surface area contributed by atoms with Gasteiger partial charge in [0, 0.05) is 29.2 Å². The Hall–Kier alpha value is -2.90. The van der Waals surface area contributed by atoms with E-state index < -0.39 is 6.03 Å². The molecule has 2 aromatic heterocycles. The van der Waals surface area contributed by atoms with E-state index in [1.165, 1.54) is 14.2 Å². The number of carbonyl (C=O) groups excluding carboxylic acids is 2. The maximum absolute atomic E-state index is 13.0. The first-order chi connectivity index (χ1) is 12.4. The zero-order chi connectivity index (χ0) is 18.8. The number of fused-ring (bicyclic) bond motifs is 1. The van der Waals surface area contributed by atoms with Crippen LogP contribution in [-0.4, -0.2) is 41.0 Å². The number of ketones is 1. The van der Waals surface area contributed by atoms with E-state index >= 15 is 0 Å². The van der Waals surface area contributed by atoms with Gasteiger partial charge in [-0.05, 0) is 42.8 Å². The van der Waals surface area contributed by atoms with Crippen molar-refractivity contribution in [2.24, 2.45) is 0 Å². The molecule has 0 bridgehead atoms. The van der Waals surface area contributed by atoms with Crippen LogP contribution in [0.15, 0.2) is 36.5 Å². The zero-order valence-electron chi connectivity index (χ0n) is 14.5. The molecule has 0 saturated heterocycles. The number of H-pyrrole nitrogens is 1. The largest absolute Gasteiger partial charge is 0.350 e. The quantitative estimate of drug-likeness (QED) is 0.539. The highest BCUT2D eigenvalue weighted by Crippen LogP contribution is 2.31. The number of carbonyl (C=O) groups is 2. The molecule has 0 aliphatic heterocycles. The second kappa shape index (κ2) is 7.15. The number of aromatic nitrogens is 2. The fourth-order valence-electron chi connectivity index (χ4n) is 2.53. The fraction of sp³-hybridized carbons (Fsp3) is 0.167. The molecule has 0 unspecified atom stereocenters. The van der Waals surface area contributed by atoms with Crippen LogP contribution < -0.4 is 5.32 Å². The Bertz CT molecular complexity index is 999. The summed E-state index contributed by atoms with van der Waals surface area (Å²) >= 11 is 6.04. The number of anilines is 1. The highest BCUT2D eigenvalue weighted by molar-refractivity contribution is 6.31. The van der Waals surface area contributed by atoms with Crippen molar-refractivity contribution >= 4 is 40.0 Å². The van der Waals surface area contributed by atoms with Crippen molar-refractivity contribution in [1.82, 2.24) is 15.0 Å². The van der Waals surface area contributed by atoms with E-state index in [1.807, 2.05) is 6.92 Å². The van der Waals surface area contributed by atoms with Gasteiger partial charge in [-0.25, -0.2) is 9.86 Å². The molecule has 8 heteroatoms. The molecule has 2 N–H and O–H groups in total. The molecule has 134 valence electrons. The number of urea groups is 1. The summed E-state index contributed by atoms with van der Waals surface area (Å²) in [7, 11) is 2.84. The van der Waals surface area contributed by atoms with Crippen LogP contribution in [0.3, 0.4) is 0 Å². The minimum absolute atomic E-state index is 0.221. The molecule has 0 aliphatic carbocycles. The third kappa shape index (κ3) is 3.40. The first-order valence-electron chi connectivity index (χ1n) is 7.78. The topological polar surface area (TPSA) is 87.3 Å². The van der Waals surface area contributed by atoms with Gasteiger partial charge in [0.05, 0.1) is 12.8 Å². The summed E-state index contributed by atoms with van der Waals surface area (Å²) in [4.78, 5) is 37.3. The van der Waals surface area contributed by atoms with Crippen LogP contribution in [0.25, 0.3) is 10.9 Å². The number of hydrogen-bond donors (Lipinski definition) is 2. The number of amides is 2. The SMILES string of the molecule is CON(C)C(=O)Nc1c(C(=O)c2cc(C)ccn2)[nH]c2cc(Cl)ccc12. The van der Waals surface area contributed by atoms with Gasteiger partial charge in [-0.3, -0.25) is 14.6 Å². The molecule has 0 fully saturated rings. The predicted octanol–water partition coefficient (Wildman–Crippen LogP) is 3.78. The number of rotatable bonds is 4. The number of aryl methyl sites for hydroxylation is 1. The molecule has 7 nitrogen and oxygen atoms in total. The lowest BCUT2D eigenvalue weighted by Crippen LogP contribution is -2.30. The van der Waals surface area contributed by atoms with Crippen molar-refractivity contribution in [1.29, 1.82) is 0 Å². The normalized spacial score (nSPS) is 10.8. The number of halogens is 1. The summed E-state index contributed by atoms with van der Waals surface area (Å²) < 4.78 is 0. The molecular weight excluding hydrogens is 356 g/mol. The Morgan fingerprint density at radius 2 is 2.04 bits per heavy atom. The lowest BCUT2D eigenvalue weighted by atomic mass is 10.1. The summed E-state index contributed by atoms with van der Waals surface area (Å²) in [5, 5.41) is 4.90. The summed E-state index contributed by atoms with van der Waals surface area (Å²) in [5.74, 6) is -0.337. The number of nitrogens with zero attached hydrogens (tertiary/aromatic N) is 2. The Morgan fingerprint density at radius 1 is 1.27 bits per heavy atom. The van der Waals surface area contributed by atoms with Crippen LogP contribution in [0.5, 0.6) is 0 Å². The number of pyridine rings is 1. The summed E-state index contributed by atoms with van der Waals surface area (Å²) in [5.41, 5.74) is 2.38. The van der Waals surface area contributed by atoms with Crippen LogP contribution in [0.1, 0.15) is 21.7 Å². The Morgan fingerprint density at radius 3 is 2.73 bits per heavy atom. The highest BCUT2D eigenvalue weighted by atomic mass is 35.5. The van der Waals surface area contributed by atoms with Gasteiger partial charge in [-0.15, -0.1) is 0 Å². The van der Waals surface area contributed by atoms with Crippen molar-refractivity contribution in [3.8, 4) is 0 Å². The third-order valence-corrected chi connectivity index (χ3v) is 4.16. The monoisotopic (exact) mass is 372 g/mol. The number of benzene rings is 1. The Balaban J connectivity index is 2.12. The second-order valence-electron chi connectivity index (χ2n) is 5.72.